The van der Waals surface area contributed by atoms with Crippen molar-refractivity contribution in [1.29, 1.82) is 0 Å². The van der Waals surface area contributed by atoms with E-state index in [4.69, 9.17) is 0 Å². The first-order chi connectivity index (χ1) is 9.63. The van der Waals surface area contributed by atoms with Gasteiger partial charge >= 0.3 is 0 Å². The Bertz CT molecular complexity index is 494. The summed E-state index contributed by atoms with van der Waals surface area (Å²) in [5, 5.41) is 3.05. The molecule has 0 saturated carbocycles. The van der Waals surface area contributed by atoms with Crippen molar-refractivity contribution in [3.05, 3.63) is 29.8 Å². The number of rotatable bonds is 2. The van der Waals surface area contributed by atoms with Gasteiger partial charge in [-0.25, -0.2) is 4.98 Å². The van der Waals surface area contributed by atoms with E-state index in [9.17, 15) is 9.18 Å². The third-order valence-corrected chi connectivity index (χ3v) is 4.66. The fraction of sp³-hybridized carbons (Fsp3) is 0.600. The van der Waals surface area contributed by atoms with Crippen LogP contribution in [0.4, 0.5) is 4.39 Å². The first-order valence-corrected chi connectivity index (χ1v) is 7.28. The van der Waals surface area contributed by atoms with Gasteiger partial charge in [-0.15, -0.1) is 0 Å². The maximum absolute atomic E-state index is 13.0. The largest absolute Gasteiger partial charge is 0.349 e. The normalized spacial score (nSPS) is 30.0. The molecule has 2 aliphatic rings. The van der Waals surface area contributed by atoms with Crippen LogP contribution in [0.2, 0.25) is 0 Å². The molecule has 2 unspecified atom stereocenters. The fourth-order valence-electron chi connectivity index (χ4n) is 3.55. The molecule has 0 aromatic carbocycles. The highest BCUT2D eigenvalue weighted by atomic mass is 19.1. The van der Waals surface area contributed by atoms with Gasteiger partial charge in [-0.2, -0.15) is 4.39 Å². The van der Waals surface area contributed by atoms with E-state index in [0.717, 1.165) is 12.8 Å². The molecule has 3 rings (SSSR count). The van der Waals surface area contributed by atoms with Crippen LogP contribution in [0.25, 0.3) is 0 Å². The number of aromatic nitrogens is 1. The first-order valence-electron chi connectivity index (χ1n) is 7.28. The van der Waals surface area contributed by atoms with Gasteiger partial charge in [0.05, 0.1) is 0 Å². The van der Waals surface area contributed by atoms with Crippen LogP contribution in [0, 0.1) is 5.95 Å². The van der Waals surface area contributed by atoms with Crippen molar-refractivity contribution in [3.8, 4) is 0 Å². The molecule has 1 amide bonds. The Morgan fingerprint density at radius 2 is 2.10 bits per heavy atom. The summed E-state index contributed by atoms with van der Waals surface area (Å²) in [4.78, 5) is 18.1. The zero-order valence-electron chi connectivity index (χ0n) is 11.7. The Balaban J connectivity index is 1.65. The maximum atomic E-state index is 13.0. The molecule has 5 heteroatoms. The molecule has 4 nitrogen and oxygen atoms in total. The second kappa shape index (κ2) is 5.48. The van der Waals surface area contributed by atoms with Crippen LogP contribution in [-0.4, -0.2) is 41.0 Å². The average Bonchev–Trinajstić information content (AvgIpc) is 2.40. The van der Waals surface area contributed by atoms with Crippen LogP contribution in [0.3, 0.4) is 0 Å². The molecule has 108 valence electrons. The minimum Gasteiger partial charge on any atom is -0.349 e. The van der Waals surface area contributed by atoms with Crippen molar-refractivity contribution in [2.24, 2.45) is 0 Å². The van der Waals surface area contributed by atoms with E-state index in [0.29, 0.717) is 17.6 Å². The van der Waals surface area contributed by atoms with Crippen LogP contribution < -0.4 is 5.32 Å². The number of hydrogen-bond donors (Lipinski definition) is 1. The Hall–Kier alpha value is -1.49. The Morgan fingerprint density at radius 1 is 1.40 bits per heavy atom. The van der Waals surface area contributed by atoms with Crippen molar-refractivity contribution in [2.75, 3.05) is 7.05 Å². The minimum atomic E-state index is -0.613. The summed E-state index contributed by atoms with van der Waals surface area (Å²) in [6.07, 6.45) is 7.02. The summed E-state index contributed by atoms with van der Waals surface area (Å²) in [6.45, 7) is 0. The van der Waals surface area contributed by atoms with E-state index in [2.05, 4.69) is 22.2 Å². The van der Waals surface area contributed by atoms with Gasteiger partial charge in [-0.1, -0.05) is 6.42 Å². The standard InChI is InChI=1S/C15H20FN3O/c1-19-12-3-2-4-13(19)9-11(8-12)18-15(20)10-5-6-17-14(16)7-10/h5-7,11-13H,2-4,8-9H2,1H3,(H,18,20). The fourth-order valence-corrected chi connectivity index (χ4v) is 3.55. The number of amides is 1. The Morgan fingerprint density at radius 3 is 2.75 bits per heavy atom. The summed E-state index contributed by atoms with van der Waals surface area (Å²) >= 11 is 0. The Kier molecular flexibility index (Phi) is 3.70. The second-order valence-corrected chi connectivity index (χ2v) is 5.91. The van der Waals surface area contributed by atoms with Crippen LogP contribution >= 0.6 is 0 Å². The highest BCUT2D eigenvalue weighted by molar-refractivity contribution is 5.94. The number of carbonyl (C=O) groups is 1. The van der Waals surface area contributed by atoms with Crippen molar-refractivity contribution in [2.45, 2.75) is 50.2 Å². The Labute approximate surface area is 118 Å². The van der Waals surface area contributed by atoms with Gasteiger partial charge in [-0.05, 0) is 38.8 Å². The second-order valence-electron chi connectivity index (χ2n) is 5.91. The average molecular weight is 277 g/mol. The first kappa shape index (κ1) is 13.5. The summed E-state index contributed by atoms with van der Waals surface area (Å²) < 4.78 is 13.0. The van der Waals surface area contributed by atoms with Crippen LogP contribution in [-0.2, 0) is 0 Å². The van der Waals surface area contributed by atoms with Crippen molar-refractivity contribution in [3.63, 3.8) is 0 Å². The zero-order valence-corrected chi connectivity index (χ0v) is 11.7. The topological polar surface area (TPSA) is 45.2 Å². The predicted octanol–water partition coefficient (Wildman–Crippen LogP) is 1.97. The van der Waals surface area contributed by atoms with Crippen molar-refractivity contribution in [1.82, 2.24) is 15.2 Å². The van der Waals surface area contributed by atoms with Crippen LogP contribution in [0.5, 0.6) is 0 Å². The summed E-state index contributed by atoms with van der Waals surface area (Å²) in [5.41, 5.74) is 0.349. The molecular weight excluding hydrogens is 257 g/mol. The molecule has 3 heterocycles. The van der Waals surface area contributed by atoms with Gasteiger partial charge in [0.2, 0.25) is 5.95 Å². The number of carbonyl (C=O) groups excluding carboxylic acids is 1. The van der Waals surface area contributed by atoms with Gasteiger partial charge in [0.1, 0.15) is 0 Å². The van der Waals surface area contributed by atoms with E-state index in [-0.39, 0.29) is 11.9 Å². The minimum absolute atomic E-state index is 0.195. The third-order valence-electron chi connectivity index (χ3n) is 4.66. The molecule has 2 aliphatic heterocycles. The van der Waals surface area contributed by atoms with E-state index in [1.54, 1.807) is 6.07 Å². The lowest BCUT2D eigenvalue weighted by atomic mass is 9.82. The highest BCUT2D eigenvalue weighted by Gasteiger charge is 2.36. The highest BCUT2D eigenvalue weighted by Crippen LogP contribution is 2.32. The van der Waals surface area contributed by atoms with E-state index < -0.39 is 5.95 Å². The maximum Gasteiger partial charge on any atom is 0.251 e. The summed E-state index contributed by atoms with van der Waals surface area (Å²) in [5.74, 6) is -0.808. The number of nitrogens with zero attached hydrogens (tertiary/aromatic N) is 2. The lowest BCUT2D eigenvalue weighted by Crippen LogP contribution is -2.55. The quantitative estimate of drug-likeness (QED) is 0.841. The van der Waals surface area contributed by atoms with Gasteiger partial charge < -0.3 is 10.2 Å². The molecule has 0 aliphatic carbocycles. The predicted molar refractivity (Wildman–Crippen MR) is 73.9 cm³/mol. The number of halogens is 1. The molecule has 1 aromatic rings. The van der Waals surface area contributed by atoms with E-state index in [1.165, 1.54) is 31.5 Å². The lowest BCUT2D eigenvalue weighted by Gasteiger charge is -2.47. The molecule has 2 bridgehead atoms. The zero-order chi connectivity index (χ0) is 14.1. The molecule has 20 heavy (non-hydrogen) atoms. The van der Waals surface area contributed by atoms with Gasteiger partial charge in [0.25, 0.3) is 5.91 Å². The van der Waals surface area contributed by atoms with Gasteiger partial charge in [-0.3, -0.25) is 4.79 Å². The van der Waals surface area contributed by atoms with Crippen LogP contribution in [0.1, 0.15) is 42.5 Å². The van der Waals surface area contributed by atoms with Crippen molar-refractivity contribution >= 4 is 5.91 Å². The molecule has 1 aromatic heterocycles. The number of pyridine rings is 1. The summed E-state index contributed by atoms with van der Waals surface area (Å²) in [7, 11) is 2.19. The molecule has 0 spiro atoms. The SMILES string of the molecule is CN1C2CCCC1CC(NC(=O)c1ccnc(F)c1)C2. The molecule has 2 fully saturated rings. The smallest absolute Gasteiger partial charge is 0.251 e. The lowest BCUT2D eigenvalue weighted by molar-refractivity contribution is 0.0463. The van der Waals surface area contributed by atoms with Gasteiger partial charge in [0.15, 0.2) is 0 Å². The monoisotopic (exact) mass is 277 g/mol. The van der Waals surface area contributed by atoms with Gasteiger partial charge in [0, 0.05) is 36.0 Å². The van der Waals surface area contributed by atoms with Crippen LogP contribution in [0.15, 0.2) is 18.3 Å². The summed E-state index contributed by atoms with van der Waals surface area (Å²) in [6, 6.07) is 4.08. The van der Waals surface area contributed by atoms with E-state index >= 15 is 0 Å². The molecule has 2 atom stereocenters. The number of nitrogens with one attached hydrogen (secondary N) is 1. The number of fused-ring (bicyclic) bond motifs is 2. The van der Waals surface area contributed by atoms with E-state index in [1.807, 2.05) is 0 Å². The number of hydrogen-bond acceptors (Lipinski definition) is 3. The molecule has 1 N–H and O–H groups in total. The third kappa shape index (κ3) is 2.68. The van der Waals surface area contributed by atoms with Crippen molar-refractivity contribution < 1.29 is 9.18 Å². The molecular formula is C15H20FN3O. The molecule has 0 radical (unpaired) electrons. The molecule has 2 saturated heterocycles. The number of piperidine rings is 2.